The van der Waals surface area contributed by atoms with E-state index in [2.05, 4.69) is 26.2 Å². The second kappa shape index (κ2) is 7.99. The van der Waals surface area contributed by atoms with Gasteiger partial charge >= 0.3 is 0 Å². The standard InChI is InChI=1S/C21H14BrClN2O2S/c1-12-5-7-16(17(22)9-12)18-8-6-15(27-18)11-19-20(26)25-21(28-19)24-14-4-2-3-13(23)10-14/h2-11H,1H3,(H,24,25,26)/b19-11-. The van der Waals surface area contributed by atoms with Crippen LogP contribution in [0.2, 0.25) is 5.02 Å². The Morgan fingerprint density at radius 1 is 1.18 bits per heavy atom. The van der Waals surface area contributed by atoms with Crippen LogP contribution in [0, 0.1) is 6.92 Å². The lowest BCUT2D eigenvalue weighted by molar-refractivity contribution is -0.115. The number of nitrogens with one attached hydrogen (secondary N) is 1. The molecule has 4 rings (SSSR count). The Hall–Kier alpha value is -2.28. The number of rotatable bonds is 3. The molecule has 0 radical (unpaired) electrons. The third-order valence-corrected chi connectivity index (χ3v) is 5.78. The van der Waals surface area contributed by atoms with Crippen LogP contribution >= 0.6 is 39.3 Å². The number of aryl methyl sites for hydroxylation is 1. The molecule has 0 saturated carbocycles. The first-order valence-corrected chi connectivity index (χ1v) is 10.4. The first-order chi connectivity index (χ1) is 13.5. The fraction of sp³-hybridized carbons (Fsp3) is 0.0476. The van der Waals surface area contributed by atoms with Gasteiger partial charge in [0.1, 0.15) is 11.5 Å². The summed E-state index contributed by atoms with van der Waals surface area (Å²) in [6.45, 7) is 2.03. The van der Waals surface area contributed by atoms with Gasteiger partial charge in [-0.25, -0.2) is 4.99 Å². The minimum Gasteiger partial charge on any atom is -0.457 e. The van der Waals surface area contributed by atoms with Crippen molar-refractivity contribution < 1.29 is 9.21 Å². The average molecular weight is 474 g/mol. The number of carbonyl (C=O) groups excluding carboxylic acids is 1. The molecule has 4 nitrogen and oxygen atoms in total. The Kier molecular flexibility index (Phi) is 5.44. The molecule has 7 heteroatoms. The minimum absolute atomic E-state index is 0.208. The fourth-order valence-corrected chi connectivity index (χ4v) is 4.36. The van der Waals surface area contributed by atoms with Crippen LogP contribution in [0.15, 0.2) is 73.4 Å². The van der Waals surface area contributed by atoms with Crippen LogP contribution in [0.3, 0.4) is 0 Å². The number of benzene rings is 2. The summed E-state index contributed by atoms with van der Waals surface area (Å²) in [6, 6.07) is 16.9. The predicted octanol–water partition coefficient (Wildman–Crippen LogP) is 6.56. The van der Waals surface area contributed by atoms with Crippen LogP contribution in [-0.4, -0.2) is 11.1 Å². The SMILES string of the molecule is Cc1ccc(-c2ccc(/C=C3\SC(=Nc4cccc(Cl)c4)NC3=O)o2)c(Br)c1. The summed E-state index contributed by atoms with van der Waals surface area (Å²) in [6.07, 6.45) is 1.71. The van der Waals surface area contributed by atoms with Crippen LogP contribution < -0.4 is 5.32 Å². The predicted molar refractivity (Wildman–Crippen MR) is 119 cm³/mol. The number of carbonyl (C=O) groups is 1. The van der Waals surface area contributed by atoms with Gasteiger partial charge < -0.3 is 9.73 Å². The molecule has 1 amide bonds. The summed E-state index contributed by atoms with van der Waals surface area (Å²) in [7, 11) is 0. The van der Waals surface area contributed by atoms with E-state index in [-0.39, 0.29) is 5.91 Å². The van der Waals surface area contributed by atoms with E-state index in [4.69, 9.17) is 16.0 Å². The summed E-state index contributed by atoms with van der Waals surface area (Å²) in [4.78, 5) is 17.2. The Bertz CT molecular complexity index is 1140. The Morgan fingerprint density at radius 2 is 2.04 bits per heavy atom. The highest BCUT2D eigenvalue weighted by atomic mass is 79.9. The van der Waals surface area contributed by atoms with Crippen molar-refractivity contribution in [3.05, 3.63) is 80.3 Å². The highest BCUT2D eigenvalue weighted by Gasteiger charge is 2.24. The van der Waals surface area contributed by atoms with Gasteiger partial charge in [0, 0.05) is 21.1 Å². The number of furan rings is 1. The monoisotopic (exact) mass is 472 g/mol. The number of amidine groups is 1. The zero-order chi connectivity index (χ0) is 19.7. The lowest BCUT2D eigenvalue weighted by Gasteiger charge is -2.02. The van der Waals surface area contributed by atoms with E-state index in [9.17, 15) is 4.79 Å². The molecule has 0 unspecified atom stereocenters. The van der Waals surface area contributed by atoms with Gasteiger partial charge in [-0.15, -0.1) is 0 Å². The second-order valence-corrected chi connectivity index (χ2v) is 8.47. The molecule has 1 N–H and O–H groups in total. The summed E-state index contributed by atoms with van der Waals surface area (Å²) in [5.41, 5.74) is 2.80. The van der Waals surface area contributed by atoms with Gasteiger partial charge in [0.25, 0.3) is 5.91 Å². The number of nitrogens with zero attached hydrogens (tertiary/aromatic N) is 1. The van der Waals surface area contributed by atoms with Crippen molar-refractivity contribution in [1.82, 2.24) is 5.32 Å². The lowest BCUT2D eigenvalue weighted by atomic mass is 10.1. The van der Waals surface area contributed by atoms with Gasteiger partial charge in [-0.1, -0.05) is 39.7 Å². The van der Waals surface area contributed by atoms with Gasteiger partial charge in [-0.3, -0.25) is 4.79 Å². The molecule has 1 saturated heterocycles. The number of amides is 1. The average Bonchev–Trinajstić information content (AvgIpc) is 3.22. The van der Waals surface area contributed by atoms with E-state index in [0.29, 0.717) is 26.5 Å². The van der Waals surface area contributed by atoms with E-state index in [1.54, 1.807) is 18.2 Å². The number of halogens is 2. The molecule has 3 aromatic rings. The Labute approximate surface area is 179 Å². The maximum absolute atomic E-state index is 12.3. The minimum atomic E-state index is -0.208. The molecule has 0 bridgehead atoms. The first-order valence-electron chi connectivity index (χ1n) is 8.39. The molecule has 1 aliphatic rings. The van der Waals surface area contributed by atoms with Gasteiger partial charge in [-0.2, -0.15) is 0 Å². The normalized spacial score (nSPS) is 16.8. The van der Waals surface area contributed by atoms with Crippen molar-refractivity contribution in [2.45, 2.75) is 6.92 Å². The van der Waals surface area contributed by atoms with Crippen LogP contribution in [0.1, 0.15) is 11.3 Å². The topological polar surface area (TPSA) is 54.6 Å². The highest BCUT2D eigenvalue weighted by molar-refractivity contribution is 9.10. The summed E-state index contributed by atoms with van der Waals surface area (Å²) in [5.74, 6) is 1.12. The van der Waals surface area contributed by atoms with Gasteiger partial charge in [0.05, 0.1) is 10.6 Å². The molecule has 1 fully saturated rings. The van der Waals surface area contributed by atoms with Crippen molar-refractivity contribution in [3.63, 3.8) is 0 Å². The summed E-state index contributed by atoms with van der Waals surface area (Å²) < 4.78 is 6.88. The van der Waals surface area contributed by atoms with E-state index in [1.807, 2.05) is 49.4 Å². The van der Waals surface area contributed by atoms with Crippen LogP contribution in [0.25, 0.3) is 17.4 Å². The summed E-state index contributed by atoms with van der Waals surface area (Å²) in [5, 5.41) is 3.86. The van der Waals surface area contributed by atoms with E-state index in [1.165, 1.54) is 11.8 Å². The van der Waals surface area contributed by atoms with Crippen LogP contribution in [-0.2, 0) is 4.79 Å². The van der Waals surface area contributed by atoms with Gasteiger partial charge in [-0.05, 0) is 66.7 Å². The van der Waals surface area contributed by atoms with E-state index < -0.39 is 0 Å². The zero-order valence-corrected chi connectivity index (χ0v) is 17.9. The molecule has 0 aliphatic carbocycles. The van der Waals surface area contributed by atoms with Crippen molar-refractivity contribution in [2.75, 3.05) is 0 Å². The Balaban J connectivity index is 1.56. The van der Waals surface area contributed by atoms with Crippen LogP contribution in [0.5, 0.6) is 0 Å². The third-order valence-electron chi connectivity index (χ3n) is 3.98. The molecular weight excluding hydrogens is 460 g/mol. The fourth-order valence-electron chi connectivity index (χ4n) is 2.67. The number of aliphatic imine (C=N–C) groups is 1. The number of hydrogen-bond donors (Lipinski definition) is 1. The Morgan fingerprint density at radius 3 is 2.82 bits per heavy atom. The van der Waals surface area contributed by atoms with E-state index in [0.717, 1.165) is 21.4 Å². The molecule has 0 spiro atoms. The van der Waals surface area contributed by atoms with Crippen molar-refractivity contribution >= 4 is 62.1 Å². The molecule has 140 valence electrons. The quantitative estimate of drug-likeness (QED) is 0.438. The molecular formula is C21H14BrClN2O2S. The second-order valence-electron chi connectivity index (χ2n) is 6.15. The molecule has 28 heavy (non-hydrogen) atoms. The smallest absolute Gasteiger partial charge is 0.264 e. The molecule has 2 heterocycles. The third kappa shape index (κ3) is 4.24. The maximum Gasteiger partial charge on any atom is 0.264 e. The van der Waals surface area contributed by atoms with Gasteiger partial charge in [0.2, 0.25) is 0 Å². The van der Waals surface area contributed by atoms with Crippen LogP contribution in [0.4, 0.5) is 5.69 Å². The van der Waals surface area contributed by atoms with Crippen molar-refractivity contribution in [2.24, 2.45) is 4.99 Å². The number of thioether (sulfide) groups is 1. The van der Waals surface area contributed by atoms with Crippen molar-refractivity contribution in [3.8, 4) is 11.3 Å². The number of hydrogen-bond acceptors (Lipinski definition) is 4. The van der Waals surface area contributed by atoms with E-state index >= 15 is 0 Å². The highest BCUT2D eigenvalue weighted by Crippen LogP contribution is 2.33. The largest absolute Gasteiger partial charge is 0.457 e. The molecule has 2 aromatic carbocycles. The maximum atomic E-state index is 12.3. The molecule has 0 atom stereocenters. The summed E-state index contributed by atoms with van der Waals surface area (Å²) >= 11 is 10.8. The first kappa shape index (κ1) is 19.1. The molecule has 1 aromatic heterocycles. The lowest BCUT2D eigenvalue weighted by Crippen LogP contribution is -2.19. The molecule has 1 aliphatic heterocycles. The van der Waals surface area contributed by atoms with Crippen molar-refractivity contribution in [1.29, 1.82) is 0 Å². The zero-order valence-electron chi connectivity index (χ0n) is 14.7. The van der Waals surface area contributed by atoms with Gasteiger partial charge in [0.15, 0.2) is 5.17 Å².